The molecule has 0 radical (unpaired) electrons. The van der Waals surface area contributed by atoms with Crippen molar-refractivity contribution in [2.24, 2.45) is 0 Å². The molecule has 0 fully saturated rings. The molecule has 1 aromatic carbocycles. The summed E-state index contributed by atoms with van der Waals surface area (Å²) in [4.78, 5) is 16.4. The van der Waals surface area contributed by atoms with Crippen LogP contribution in [0.25, 0.3) is 10.1 Å². The van der Waals surface area contributed by atoms with E-state index < -0.39 is 0 Å². The largest absolute Gasteiger partial charge is 0.333 e. The van der Waals surface area contributed by atoms with Crippen molar-refractivity contribution >= 4 is 38.7 Å². The van der Waals surface area contributed by atoms with Crippen LogP contribution in [0, 0.1) is 0 Å². The average Bonchev–Trinajstić information content (AvgIpc) is 3.13. The third-order valence-corrected chi connectivity index (χ3v) is 5.64. The number of amides is 1. The van der Waals surface area contributed by atoms with E-state index in [2.05, 4.69) is 19.1 Å². The van der Waals surface area contributed by atoms with Crippen molar-refractivity contribution in [1.82, 2.24) is 4.90 Å². The zero-order chi connectivity index (χ0) is 14.1. The topological polar surface area (TPSA) is 20.3 Å². The van der Waals surface area contributed by atoms with Crippen molar-refractivity contribution in [1.29, 1.82) is 0 Å². The lowest BCUT2D eigenvalue weighted by atomic mass is 10.2. The fraction of sp³-hybridized carbons (Fsp3) is 0.188. The Bertz CT molecular complexity index is 697. The molecule has 0 aliphatic heterocycles. The highest BCUT2D eigenvalue weighted by atomic mass is 32.1. The first-order valence-corrected chi connectivity index (χ1v) is 8.15. The van der Waals surface area contributed by atoms with Crippen LogP contribution in [0.3, 0.4) is 0 Å². The average molecular weight is 301 g/mol. The molecule has 3 rings (SSSR count). The van der Waals surface area contributed by atoms with Crippen molar-refractivity contribution < 1.29 is 4.79 Å². The molecule has 2 nitrogen and oxygen atoms in total. The summed E-state index contributed by atoms with van der Waals surface area (Å²) in [7, 11) is 1.87. The summed E-state index contributed by atoms with van der Waals surface area (Å²) in [6.07, 6.45) is 0. The van der Waals surface area contributed by atoms with E-state index in [4.69, 9.17) is 0 Å². The smallest absolute Gasteiger partial charge is 0.264 e. The van der Waals surface area contributed by atoms with Gasteiger partial charge in [0, 0.05) is 16.6 Å². The number of fused-ring (bicyclic) bond motifs is 1. The van der Waals surface area contributed by atoms with E-state index in [1.165, 1.54) is 4.88 Å². The van der Waals surface area contributed by atoms with Crippen LogP contribution in [-0.4, -0.2) is 17.9 Å². The van der Waals surface area contributed by atoms with E-state index in [0.717, 1.165) is 15.0 Å². The van der Waals surface area contributed by atoms with Crippen molar-refractivity contribution in [2.45, 2.75) is 13.0 Å². The quantitative estimate of drug-likeness (QED) is 0.680. The number of benzene rings is 1. The third-order valence-electron chi connectivity index (χ3n) is 3.49. The lowest BCUT2D eigenvalue weighted by molar-refractivity contribution is 0.0750. The van der Waals surface area contributed by atoms with Crippen LogP contribution < -0.4 is 0 Å². The molecule has 0 N–H and O–H groups in total. The van der Waals surface area contributed by atoms with Crippen molar-refractivity contribution in [3.05, 3.63) is 57.6 Å². The molecule has 0 bridgehead atoms. The maximum Gasteiger partial charge on any atom is 0.264 e. The number of carbonyl (C=O) groups excluding carboxylic acids is 1. The first-order chi connectivity index (χ1) is 9.66. The minimum atomic E-state index is 0.0899. The lowest BCUT2D eigenvalue weighted by Gasteiger charge is -2.23. The van der Waals surface area contributed by atoms with Gasteiger partial charge >= 0.3 is 0 Å². The molecule has 1 atom stereocenters. The number of hydrogen-bond acceptors (Lipinski definition) is 3. The Morgan fingerprint density at radius 2 is 2.00 bits per heavy atom. The van der Waals surface area contributed by atoms with Gasteiger partial charge in [-0.25, -0.2) is 0 Å². The second-order valence-electron chi connectivity index (χ2n) is 4.76. The third kappa shape index (κ3) is 2.37. The van der Waals surface area contributed by atoms with Gasteiger partial charge in [-0.15, -0.1) is 22.7 Å². The molecule has 102 valence electrons. The van der Waals surface area contributed by atoms with E-state index in [9.17, 15) is 4.79 Å². The molecule has 1 unspecified atom stereocenters. The van der Waals surface area contributed by atoms with Gasteiger partial charge in [0.1, 0.15) is 0 Å². The summed E-state index contributed by atoms with van der Waals surface area (Å²) in [6.45, 7) is 2.07. The molecule has 0 aliphatic carbocycles. The first kappa shape index (κ1) is 13.3. The Morgan fingerprint density at radius 1 is 1.20 bits per heavy atom. The zero-order valence-electron chi connectivity index (χ0n) is 11.4. The number of thiophene rings is 2. The van der Waals surface area contributed by atoms with Gasteiger partial charge in [-0.2, -0.15) is 0 Å². The fourth-order valence-electron chi connectivity index (χ4n) is 2.16. The highest BCUT2D eigenvalue weighted by molar-refractivity contribution is 7.20. The summed E-state index contributed by atoms with van der Waals surface area (Å²) in [5.41, 5.74) is 0. The highest BCUT2D eigenvalue weighted by Crippen LogP contribution is 2.29. The summed E-state index contributed by atoms with van der Waals surface area (Å²) in [5, 5.41) is 3.18. The Balaban J connectivity index is 1.88. The predicted molar refractivity (Wildman–Crippen MR) is 86.7 cm³/mol. The van der Waals surface area contributed by atoms with Crippen molar-refractivity contribution in [3.63, 3.8) is 0 Å². The summed E-state index contributed by atoms with van der Waals surface area (Å²) in [6, 6.07) is 14.3. The molecule has 0 aliphatic rings. The predicted octanol–water partition coefficient (Wildman–Crippen LogP) is 4.80. The zero-order valence-corrected chi connectivity index (χ0v) is 13.0. The molecule has 1 amide bonds. The number of nitrogens with zero attached hydrogens (tertiary/aromatic N) is 1. The van der Waals surface area contributed by atoms with Crippen LogP contribution in [0.4, 0.5) is 0 Å². The summed E-state index contributed by atoms with van der Waals surface area (Å²) < 4.78 is 1.16. The van der Waals surface area contributed by atoms with Gasteiger partial charge in [0.15, 0.2) is 0 Å². The SMILES string of the molecule is CC(c1cccs1)N(C)C(=O)c1cc2ccccc2s1. The molecule has 3 aromatic rings. The fourth-order valence-corrected chi connectivity index (χ4v) is 4.03. The Hall–Kier alpha value is -1.65. The van der Waals surface area contributed by atoms with Crippen LogP contribution in [0.15, 0.2) is 47.8 Å². The molecular weight excluding hydrogens is 286 g/mol. The number of carbonyl (C=O) groups is 1. The molecule has 2 heterocycles. The lowest BCUT2D eigenvalue weighted by Crippen LogP contribution is -2.28. The van der Waals surface area contributed by atoms with Gasteiger partial charge in [-0.05, 0) is 35.9 Å². The molecule has 4 heteroatoms. The summed E-state index contributed by atoms with van der Waals surface area (Å²) >= 11 is 3.25. The van der Waals surface area contributed by atoms with Crippen LogP contribution in [0.5, 0.6) is 0 Å². The van der Waals surface area contributed by atoms with E-state index >= 15 is 0 Å². The number of hydrogen-bond donors (Lipinski definition) is 0. The minimum absolute atomic E-state index is 0.0899. The number of rotatable bonds is 3. The monoisotopic (exact) mass is 301 g/mol. The van der Waals surface area contributed by atoms with Gasteiger partial charge in [-0.3, -0.25) is 4.79 Å². The van der Waals surface area contributed by atoms with E-state index in [-0.39, 0.29) is 11.9 Å². The second-order valence-corrected chi connectivity index (χ2v) is 6.82. The first-order valence-electron chi connectivity index (χ1n) is 6.46. The molecule has 0 saturated heterocycles. The van der Waals surface area contributed by atoms with Gasteiger partial charge < -0.3 is 4.90 Å². The van der Waals surface area contributed by atoms with Gasteiger partial charge in [-0.1, -0.05) is 24.3 Å². The van der Waals surface area contributed by atoms with Crippen LogP contribution in [0.2, 0.25) is 0 Å². The maximum atomic E-state index is 12.6. The molecule has 2 aromatic heterocycles. The molecular formula is C16H15NOS2. The van der Waals surface area contributed by atoms with Crippen LogP contribution >= 0.6 is 22.7 Å². The van der Waals surface area contributed by atoms with Gasteiger partial charge in [0.05, 0.1) is 10.9 Å². The Kier molecular flexibility index (Phi) is 3.59. The van der Waals surface area contributed by atoms with Gasteiger partial charge in [0.25, 0.3) is 5.91 Å². The van der Waals surface area contributed by atoms with Gasteiger partial charge in [0.2, 0.25) is 0 Å². The molecule has 0 spiro atoms. The van der Waals surface area contributed by atoms with E-state index in [0.29, 0.717) is 0 Å². The van der Waals surface area contributed by atoms with Crippen molar-refractivity contribution in [3.8, 4) is 0 Å². The Labute approximate surface area is 126 Å². The van der Waals surface area contributed by atoms with E-state index in [1.54, 1.807) is 22.7 Å². The van der Waals surface area contributed by atoms with Crippen LogP contribution in [-0.2, 0) is 0 Å². The minimum Gasteiger partial charge on any atom is -0.333 e. The second kappa shape index (κ2) is 5.38. The normalized spacial score (nSPS) is 12.5. The highest BCUT2D eigenvalue weighted by Gasteiger charge is 2.21. The molecule has 0 saturated carbocycles. The maximum absolute atomic E-state index is 12.6. The summed E-state index contributed by atoms with van der Waals surface area (Å²) in [5.74, 6) is 0.0899. The standard InChI is InChI=1S/C16H15NOS2/c1-11(13-8-5-9-19-13)17(2)16(18)15-10-12-6-3-4-7-14(12)20-15/h3-11H,1-2H3. The van der Waals surface area contributed by atoms with E-state index in [1.807, 2.05) is 47.7 Å². The molecule has 20 heavy (non-hydrogen) atoms. The van der Waals surface area contributed by atoms with Crippen molar-refractivity contribution in [2.75, 3.05) is 7.05 Å². The Morgan fingerprint density at radius 3 is 2.70 bits per heavy atom. The van der Waals surface area contributed by atoms with Crippen LogP contribution in [0.1, 0.15) is 27.5 Å².